The average Bonchev–Trinajstić information content (AvgIpc) is 2.83. The number of thioether (sulfide) groups is 1. The van der Waals surface area contributed by atoms with Crippen LogP contribution in [0.4, 0.5) is 0 Å². The Morgan fingerprint density at radius 2 is 2.18 bits per heavy atom. The summed E-state index contributed by atoms with van der Waals surface area (Å²) in [5.41, 5.74) is 0.980. The number of carbonyl (C=O) groups excluding carboxylic acids is 1. The predicted octanol–water partition coefficient (Wildman–Crippen LogP) is 4.24. The standard InChI is InChI=1S/C13H13Cl3N2O2S2/c1-8(19)17-11(13(14,15)16)20-6-7-21-12-18-9-4-2-3-5-10(9)22-12/h2-5,11H,6-7H2,1H3,(H,17,19). The fourth-order valence-electron chi connectivity index (χ4n) is 1.61. The van der Waals surface area contributed by atoms with E-state index in [0.717, 1.165) is 14.6 Å². The number of para-hydroxylation sites is 1. The minimum atomic E-state index is -1.72. The van der Waals surface area contributed by atoms with Crippen LogP contribution in [-0.2, 0) is 9.53 Å². The Morgan fingerprint density at radius 3 is 2.82 bits per heavy atom. The van der Waals surface area contributed by atoms with E-state index < -0.39 is 10.0 Å². The summed E-state index contributed by atoms with van der Waals surface area (Å²) in [6.45, 7) is 1.65. The lowest BCUT2D eigenvalue weighted by Crippen LogP contribution is -2.45. The molecular weight excluding hydrogens is 387 g/mol. The minimum Gasteiger partial charge on any atom is -0.353 e. The lowest BCUT2D eigenvalue weighted by Gasteiger charge is -2.24. The van der Waals surface area contributed by atoms with Crippen LogP contribution in [0.25, 0.3) is 10.2 Å². The summed E-state index contributed by atoms with van der Waals surface area (Å²) < 4.78 is 5.82. The van der Waals surface area contributed by atoms with Crippen LogP contribution in [-0.4, -0.2) is 33.3 Å². The van der Waals surface area contributed by atoms with Gasteiger partial charge in [-0.2, -0.15) is 0 Å². The van der Waals surface area contributed by atoms with Crippen molar-refractivity contribution in [3.05, 3.63) is 24.3 Å². The maximum Gasteiger partial charge on any atom is 0.234 e. The molecule has 0 bridgehead atoms. The van der Waals surface area contributed by atoms with Crippen molar-refractivity contribution in [3.63, 3.8) is 0 Å². The molecule has 1 aromatic carbocycles. The van der Waals surface area contributed by atoms with Crippen LogP contribution in [0, 0.1) is 0 Å². The molecule has 1 unspecified atom stereocenters. The molecule has 22 heavy (non-hydrogen) atoms. The van der Waals surface area contributed by atoms with Crippen molar-refractivity contribution in [2.75, 3.05) is 12.4 Å². The van der Waals surface area contributed by atoms with E-state index in [1.807, 2.05) is 24.3 Å². The van der Waals surface area contributed by atoms with E-state index in [1.54, 1.807) is 23.1 Å². The van der Waals surface area contributed by atoms with Gasteiger partial charge in [0.15, 0.2) is 10.6 Å². The molecule has 0 saturated carbocycles. The fraction of sp³-hybridized carbons (Fsp3) is 0.385. The van der Waals surface area contributed by atoms with E-state index in [9.17, 15) is 4.79 Å². The summed E-state index contributed by atoms with van der Waals surface area (Å²) in [4.78, 5) is 15.6. The van der Waals surface area contributed by atoms with Crippen LogP contribution in [0.15, 0.2) is 28.6 Å². The quantitative estimate of drug-likeness (QED) is 0.342. The number of nitrogens with one attached hydrogen (secondary N) is 1. The Balaban J connectivity index is 1.83. The van der Waals surface area contributed by atoms with Gasteiger partial charge < -0.3 is 10.1 Å². The van der Waals surface area contributed by atoms with Crippen LogP contribution in [0.2, 0.25) is 0 Å². The molecule has 1 heterocycles. The molecule has 0 fully saturated rings. The number of halogens is 3. The van der Waals surface area contributed by atoms with E-state index in [2.05, 4.69) is 10.3 Å². The van der Waals surface area contributed by atoms with Crippen molar-refractivity contribution in [3.8, 4) is 0 Å². The molecule has 1 atom stereocenters. The van der Waals surface area contributed by atoms with Crippen LogP contribution in [0.1, 0.15) is 6.92 Å². The zero-order chi connectivity index (χ0) is 16.2. The number of carbonyl (C=O) groups is 1. The SMILES string of the molecule is CC(=O)NC(OCCSc1nc2ccccc2s1)C(Cl)(Cl)Cl. The molecule has 0 aliphatic rings. The summed E-state index contributed by atoms with van der Waals surface area (Å²) in [5.74, 6) is 0.312. The van der Waals surface area contributed by atoms with Crippen LogP contribution in [0.5, 0.6) is 0 Å². The van der Waals surface area contributed by atoms with Crippen molar-refractivity contribution in [2.24, 2.45) is 0 Å². The zero-order valence-corrected chi connectivity index (χ0v) is 15.4. The van der Waals surface area contributed by atoms with Crippen molar-refractivity contribution in [1.29, 1.82) is 0 Å². The van der Waals surface area contributed by atoms with Crippen LogP contribution < -0.4 is 5.32 Å². The second-order valence-corrected chi connectivity index (χ2v) is 9.03. The molecule has 1 N–H and O–H groups in total. The lowest BCUT2D eigenvalue weighted by atomic mass is 10.3. The molecule has 0 aliphatic carbocycles. The van der Waals surface area contributed by atoms with Gasteiger partial charge in [-0.1, -0.05) is 58.7 Å². The molecule has 0 saturated heterocycles. The summed E-state index contributed by atoms with van der Waals surface area (Å²) in [5, 5.41) is 2.46. The van der Waals surface area contributed by atoms with Crippen LogP contribution >= 0.6 is 57.9 Å². The van der Waals surface area contributed by atoms with Gasteiger partial charge in [-0.05, 0) is 12.1 Å². The number of ether oxygens (including phenoxy) is 1. The summed E-state index contributed by atoms with van der Waals surface area (Å²) >= 11 is 20.5. The number of aromatic nitrogens is 1. The van der Waals surface area contributed by atoms with Crippen molar-refractivity contribution in [2.45, 2.75) is 21.3 Å². The van der Waals surface area contributed by atoms with E-state index >= 15 is 0 Å². The van der Waals surface area contributed by atoms with E-state index in [4.69, 9.17) is 39.5 Å². The smallest absolute Gasteiger partial charge is 0.234 e. The van der Waals surface area contributed by atoms with Gasteiger partial charge >= 0.3 is 0 Å². The second kappa shape index (κ2) is 8.04. The lowest BCUT2D eigenvalue weighted by molar-refractivity contribution is -0.123. The molecule has 9 heteroatoms. The monoisotopic (exact) mass is 398 g/mol. The highest BCUT2D eigenvalue weighted by atomic mass is 35.6. The van der Waals surface area contributed by atoms with E-state index in [1.165, 1.54) is 6.92 Å². The molecule has 1 aromatic heterocycles. The maximum atomic E-state index is 11.1. The Hall–Kier alpha value is -0.240. The molecular formula is C13H13Cl3N2O2S2. The van der Waals surface area contributed by atoms with Gasteiger partial charge in [0.2, 0.25) is 9.70 Å². The number of benzene rings is 1. The Morgan fingerprint density at radius 1 is 1.45 bits per heavy atom. The molecule has 0 aliphatic heterocycles. The minimum absolute atomic E-state index is 0.319. The molecule has 2 rings (SSSR count). The van der Waals surface area contributed by atoms with Crippen molar-refractivity contribution < 1.29 is 9.53 Å². The molecule has 1 amide bonds. The summed E-state index contributed by atoms with van der Waals surface area (Å²) in [7, 11) is 0. The summed E-state index contributed by atoms with van der Waals surface area (Å²) in [6, 6.07) is 7.95. The Bertz CT molecular complexity index is 612. The number of rotatable bonds is 6. The van der Waals surface area contributed by atoms with Gasteiger partial charge in [-0.15, -0.1) is 11.3 Å². The largest absolute Gasteiger partial charge is 0.353 e. The van der Waals surface area contributed by atoms with E-state index in [0.29, 0.717) is 12.4 Å². The first kappa shape index (κ1) is 18.1. The Labute approximate surface area is 151 Å². The van der Waals surface area contributed by atoms with Gasteiger partial charge in [0.25, 0.3) is 0 Å². The predicted molar refractivity (Wildman–Crippen MR) is 94.2 cm³/mol. The highest BCUT2D eigenvalue weighted by molar-refractivity contribution is 8.01. The third kappa shape index (κ3) is 5.44. The first-order valence-electron chi connectivity index (χ1n) is 6.30. The van der Waals surface area contributed by atoms with Gasteiger partial charge in [0.1, 0.15) is 0 Å². The molecule has 4 nitrogen and oxygen atoms in total. The number of thiazole rings is 1. The molecule has 120 valence electrons. The molecule has 0 radical (unpaired) electrons. The van der Waals surface area contributed by atoms with Gasteiger partial charge in [-0.25, -0.2) is 4.98 Å². The van der Waals surface area contributed by atoms with Gasteiger partial charge in [0.05, 0.1) is 16.8 Å². The topological polar surface area (TPSA) is 51.2 Å². The normalized spacial score (nSPS) is 13.3. The van der Waals surface area contributed by atoms with Crippen molar-refractivity contribution in [1.82, 2.24) is 10.3 Å². The first-order chi connectivity index (χ1) is 10.4. The highest BCUT2D eigenvalue weighted by Crippen LogP contribution is 2.32. The molecule has 2 aromatic rings. The van der Waals surface area contributed by atoms with Gasteiger partial charge in [-0.3, -0.25) is 4.79 Å². The zero-order valence-electron chi connectivity index (χ0n) is 11.5. The average molecular weight is 400 g/mol. The number of hydrogen-bond acceptors (Lipinski definition) is 5. The number of amides is 1. The number of hydrogen-bond donors (Lipinski definition) is 1. The van der Waals surface area contributed by atoms with E-state index in [-0.39, 0.29) is 5.91 Å². The highest BCUT2D eigenvalue weighted by Gasteiger charge is 2.34. The third-order valence-electron chi connectivity index (χ3n) is 2.50. The van der Waals surface area contributed by atoms with Gasteiger partial charge in [0, 0.05) is 12.7 Å². The summed E-state index contributed by atoms with van der Waals surface area (Å²) in [6.07, 6.45) is -0.981. The Kier molecular flexibility index (Phi) is 6.61. The number of nitrogens with zero attached hydrogens (tertiary/aromatic N) is 1. The number of alkyl halides is 3. The van der Waals surface area contributed by atoms with Crippen molar-refractivity contribution >= 4 is 74.0 Å². The van der Waals surface area contributed by atoms with Crippen LogP contribution in [0.3, 0.4) is 0 Å². The maximum absolute atomic E-state index is 11.1. The third-order valence-corrected chi connectivity index (χ3v) is 5.24. The fourth-order valence-corrected chi connectivity index (χ4v) is 3.93. The molecule has 0 spiro atoms. The first-order valence-corrected chi connectivity index (χ1v) is 9.23. The second-order valence-electron chi connectivity index (χ2n) is 4.29. The number of fused-ring (bicyclic) bond motifs is 1.